The van der Waals surface area contributed by atoms with Gasteiger partial charge in [0.2, 0.25) is 0 Å². The fourth-order valence-electron chi connectivity index (χ4n) is 3.47. The fraction of sp³-hybridized carbons (Fsp3) is 0.130. The molecular formula is C23H18N4O3S2. The Balaban J connectivity index is 1.55. The second-order valence-corrected chi connectivity index (χ2v) is 9.07. The quantitative estimate of drug-likeness (QED) is 0.455. The SMILES string of the molecule is COc1ccc(C2=Nn3c(nc4sc(C(=O)Nc5ccccc5)c(C)c4c3=O)SC2)cc1. The van der Waals surface area contributed by atoms with Crippen molar-refractivity contribution in [2.45, 2.75) is 12.1 Å². The molecule has 1 aliphatic heterocycles. The molecule has 0 spiro atoms. The molecule has 0 aliphatic carbocycles. The highest BCUT2D eigenvalue weighted by Crippen LogP contribution is 2.31. The number of carbonyl (C=O) groups excluding carboxylic acids is 1. The zero-order valence-electron chi connectivity index (χ0n) is 17.3. The van der Waals surface area contributed by atoms with Gasteiger partial charge in [0, 0.05) is 11.4 Å². The number of carbonyl (C=O) groups is 1. The third-order valence-electron chi connectivity index (χ3n) is 5.13. The van der Waals surface area contributed by atoms with Crippen LogP contribution in [0.3, 0.4) is 0 Å². The molecule has 7 nitrogen and oxygen atoms in total. The van der Waals surface area contributed by atoms with E-state index in [0.29, 0.717) is 37.3 Å². The first kappa shape index (κ1) is 20.5. The molecule has 1 N–H and O–H groups in total. The Labute approximate surface area is 191 Å². The number of ether oxygens (including phenoxy) is 1. The number of rotatable bonds is 4. The van der Waals surface area contributed by atoms with Gasteiger partial charge in [0.15, 0.2) is 5.16 Å². The molecule has 5 rings (SSSR count). The molecule has 0 bridgehead atoms. The molecule has 2 aromatic heterocycles. The minimum absolute atomic E-state index is 0.255. The number of anilines is 1. The summed E-state index contributed by atoms with van der Waals surface area (Å²) in [6.45, 7) is 1.78. The predicted molar refractivity (Wildman–Crippen MR) is 129 cm³/mol. The van der Waals surface area contributed by atoms with E-state index < -0.39 is 0 Å². The van der Waals surface area contributed by atoms with Crippen molar-refractivity contribution < 1.29 is 9.53 Å². The van der Waals surface area contributed by atoms with Gasteiger partial charge in [-0.1, -0.05) is 30.0 Å². The molecule has 0 atom stereocenters. The number of hydrogen-bond acceptors (Lipinski definition) is 7. The van der Waals surface area contributed by atoms with E-state index in [-0.39, 0.29) is 11.5 Å². The number of methoxy groups -OCH3 is 1. The minimum atomic E-state index is -0.268. The molecule has 4 aromatic rings. The molecular weight excluding hydrogens is 444 g/mol. The molecule has 3 heterocycles. The lowest BCUT2D eigenvalue weighted by Gasteiger charge is -2.15. The normalized spacial score (nSPS) is 12.9. The minimum Gasteiger partial charge on any atom is -0.497 e. The Bertz CT molecular complexity index is 1420. The van der Waals surface area contributed by atoms with Gasteiger partial charge in [-0.2, -0.15) is 9.78 Å². The summed E-state index contributed by atoms with van der Waals surface area (Å²) in [6.07, 6.45) is 0. The average Bonchev–Trinajstić information content (AvgIpc) is 3.16. The summed E-state index contributed by atoms with van der Waals surface area (Å²) >= 11 is 2.68. The summed E-state index contributed by atoms with van der Waals surface area (Å²) in [7, 11) is 1.62. The second-order valence-electron chi connectivity index (χ2n) is 7.13. The van der Waals surface area contributed by atoms with Crippen LogP contribution in [0.25, 0.3) is 10.2 Å². The highest BCUT2D eigenvalue weighted by atomic mass is 32.2. The molecule has 1 aliphatic rings. The largest absolute Gasteiger partial charge is 0.497 e. The molecule has 32 heavy (non-hydrogen) atoms. The summed E-state index contributed by atoms with van der Waals surface area (Å²) in [5, 5.41) is 8.42. The number of nitrogens with zero attached hydrogens (tertiary/aromatic N) is 3. The van der Waals surface area contributed by atoms with Gasteiger partial charge >= 0.3 is 0 Å². The number of amides is 1. The maximum atomic E-state index is 13.3. The summed E-state index contributed by atoms with van der Waals surface area (Å²) in [5.74, 6) is 1.10. The van der Waals surface area contributed by atoms with Crippen LogP contribution in [0.15, 0.2) is 69.6 Å². The Morgan fingerprint density at radius 3 is 2.59 bits per heavy atom. The third kappa shape index (κ3) is 3.59. The zero-order chi connectivity index (χ0) is 22.2. The van der Waals surface area contributed by atoms with Gasteiger partial charge in [-0.25, -0.2) is 4.98 Å². The smallest absolute Gasteiger partial charge is 0.283 e. The van der Waals surface area contributed by atoms with Crippen molar-refractivity contribution in [3.05, 3.63) is 81.0 Å². The standard InChI is InChI=1S/C23H18N4O3S2/c1-13-18-21(32-19(13)20(28)24-15-6-4-3-5-7-15)25-23-27(22(18)29)26-17(12-31-23)14-8-10-16(30-2)11-9-14/h3-11H,12H2,1-2H3,(H,24,28). The van der Waals surface area contributed by atoms with Crippen LogP contribution in [0.2, 0.25) is 0 Å². The van der Waals surface area contributed by atoms with E-state index in [1.165, 1.54) is 27.8 Å². The maximum Gasteiger partial charge on any atom is 0.283 e. The monoisotopic (exact) mass is 462 g/mol. The lowest BCUT2D eigenvalue weighted by atomic mass is 10.1. The van der Waals surface area contributed by atoms with E-state index in [4.69, 9.17) is 4.74 Å². The third-order valence-corrected chi connectivity index (χ3v) is 7.26. The average molecular weight is 463 g/mol. The number of benzene rings is 2. The molecule has 0 radical (unpaired) electrons. The van der Waals surface area contributed by atoms with Crippen LogP contribution >= 0.6 is 23.1 Å². The zero-order valence-corrected chi connectivity index (χ0v) is 18.9. The molecule has 160 valence electrons. The van der Waals surface area contributed by atoms with Gasteiger partial charge in [-0.15, -0.1) is 11.3 Å². The van der Waals surface area contributed by atoms with Crippen LogP contribution in [0.1, 0.15) is 20.8 Å². The van der Waals surface area contributed by atoms with E-state index in [0.717, 1.165) is 17.0 Å². The van der Waals surface area contributed by atoms with E-state index in [2.05, 4.69) is 15.4 Å². The van der Waals surface area contributed by atoms with E-state index in [9.17, 15) is 9.59 Å². The lowest BCUT2D eigenvalue weighted by molar-refractivity contribution is 0.103. The van der Waals surface area contributed by atoms with Crippen LogP contribution in [0.5, 0.6) is 5.75 Å². The summed E-state index contributed by atoms with van der Waals surface area (Å²) < 4.78 is 6.55. The molecule has 1 amide bonds. The number of hydrogen-bond donors (Lipinski definition) is 1. The Morgan fingerprint density at radius 2 is 1.88 bits per heavy atom. The Morgan fingerprint density at radius 1 is 1.12 bits per heavy atom. The molecule has 0 fully saturated rings. The summed E-state index contributed by atoms with van der Waals surface area (Å²) in [6, 6.07) is 16.8. The van der Waals surface area contributed by atoms with Gasteiger partial charge < -0.3 is 10.1 Å². The first-order valence-electron chi connectivity index (χ1n) is 9.83. The lowest BCUT2D eigenvalue weighted by Crippen LogP contribution is -2.25. The second kappa shape index (κ2) is 8.25. The number of nitrogens with one attached hydrogen (secondary N) is 1. The fourth-order valence-corrected chi connectivity index (χ4v) is 5.49. The molecule has 0 saturated carbocycles. The Hall–Kier alpha value is -3.43. The molecule has 0 unspecified atom stereocenters. The topological polar surface area (TPSA) is 85.6 Å². The number of thiophene rings is 1. The van der Waals surface area contributed by atoms with Crippen molar-refractivity contribution in [2.24, 2.45) is 5.10 Å². The first-order chi connectivity index (χ1) is 15.5. The van der Waals surface area contributed by atoms with Crippen molar-refractivity contribution in [3.8, 4) is 5.75 Å². The maximum absolute atomic E-state index is 13.3. The van der Waals surface area contributed by atoms with Gasteiger partial charge in [0.25, 0.3) is 11.5 Å². The van der Waals surface area contributed by atoms with Crippen molar-refractivity contribution in [1.29, 1.82) is 0 Å². The van der Waals surface area contributed by atoms with Gasteiger partial charge in [-0.05, 0) is 54.4 Å². The molecule has 0 saturated heterocycles. The van der Waals surface area contributed by atoms with Crippen LogP contribution in [0.4, 0.5) is 5.69 Å². The molecule has 9 heteroatoms. The van der Waals surface area contributed by atoms with Crippen LogP contribution < -0.4 is 15.6 Å². The summed E-state index contributed by atoms with van der Waals surface area (Å²) in [4.78, 5) is 31.8. The van der Waals surface area contributed by atoms with E-state index >= 15 is 0 Å². The van der Waals surface area contributed by atoms with E-state index in [1.807, 2.05) is 54.6 Å². The predicted octanol–water partition coefficient (Wildman–Crippen LogP) is 4.39. The summed E-state index contributed by atoms with van der Waals surface area (Å²) in [5.41, 5.74) is 2.74. The number of para-hydroxylation sites is 1. The van der Waals surface area contributed by atoms with E-state index in [1.54, 1.807) is 14.0 Å². The van der Waals surface area contributed by atoms with Gasteiger partial charge in [0.1, 0.15) is 10.6 Å². The van der Waals surface area contributed by atoms with Crippen molar-refractivity contribution in [3.63, 3.8) is 0 Å². The Kier molecular flexibility index (Phi) is 5.28. The number of fused-ring (bicyclic) bond motifs is 2. The van der Waals surface area contributed by atoms with Crippen molar-refractivity contribution >= 4 is 50.6 Å². The van der Waals surface area contributed by atoms with Crippen molar-refractivity contribution in [1.82, 2.24) is 9.66 Å². The number of thioether (sulfide) groups is 1. The van der Waals surface area contributed by atoms with Gasteiger partial charge in [0.05, 0.1) is 23.1 Å². The van der Waals surface area contributed by atoms with Crippen LogP contribution in [-0.2, 0) is 0 Å². The van der Waals surface area contributed by atoms with Crippen LogP contribution in [0, 0.1) is 6.92 Å². The highest BCUT2D eigenvalue weighted by molar-refractivity contribution is 7.99. The van der Waals surface area contributed by atoms with Crippen LogP contribution in [-0.4, -0.2) is 34.1 Å². The molecule has 2 aromatic carbocycles. The van der Waals surface area contributed by atoms with Crippen molar-refractivity contribution in [2.75, 3.05) is 18.2 Å². The first-order valence-corrected chi connectivity index (χ1v) is 11.6. The number of aromatic nitrogens is 2. The highest BCUT2D eigenvalue weighted by Gasteiger charge is 2.24. The number of aryl methyl sites for hydroxylation is 1. The van der Waals surface area contributed by atoms with Gasteiger partial charge in [-0.3, -0.25) is 9.59 Å².